The van der Waals surface area contributed by atoms with Gasteiger partial charge in [0.25, 0.3) is 5.91 Å². The van der Waals surface area contributed by atoms with E-state index in [0.717, 1.165) is 18.4 Å². The molecule has 1 aromatic carbocycles. The molecule has 0 radical (unpaired) electrons. The van der Waals surface area contributed by atoms with Crippen molar-refractivity contribution in [3.05, 3.63) is 40.7 Å². The Balaban J connectivity index is 1.99. The first-order chi connectivity index (χ1) is 14.7. The van der Waals surface area contributed by atoms with E-state index in [-0.39, 0.29) is 16.4 Å². The molecule has 0 bridgehead atoms. The Kier molecular flexibility index (Phi) is 6.86. The molecule has 0 saturated carbocycles. The summed E-state index contributed by atoms with van der Waals surface area (Å²) in [4.78, 5) is 28.7. The summed E-state index contributed by atoms with van der Waals surface area (Å²) in [5, 5.41) is 2.77. The number of H-pyrrole nitrogens is 1. The van der Waals surface area contributed by atoms with E-state index in [1.165, 1.54) is 29.6 Å². The lowest BCUT2D eigenvalue weighted by atomic mass is 10.0. The van der Waals surface area contributed by atoms with Crippen LogP contribution in [0.15, 0.2) is 23.1 Å². The molecule has 2 aromatic rings. The Bertz CT molecular complexity index is 1100. The highest BCUT2D eigenvalue weighted by Gasteiger charge is 2.27. The van der Waals surface area contributed by atoms with Crippen molar-refractivity contribution in [1.29, 1.82) is 0 Å². The van der Waals surface area contributed by atoms with Crippen LogP contribution in [0.5, 0.6) is 5.75 Å². The third-order valence-electron chi connectivity index (χ3n) is 5.64. The van der Waals surface area contributed by atoms with Crippen LogP contribution >= 0.6 is 0 Å². The van der Waals surface area contributed by atoms with Crippen LogP contribution in [0.2, 0.25) is 0 Å². The van der Waals surface area contributed by atoms with Crippen LogP contribution in [0.25, 0.3) is 0 Å². The molecule has 0 unspecified atom stereocenters. The zero-order valence-corrected chi connectivity index (χ0v) is 19.2. The number of ketones is 1. The van der Waals surface area contributed by atoms with Crippen molar-refractivity contribution < 1.29 is 22.7 Å². The van der Waals surface area contributed by atoms with E-state index in [4.69, 9.17) is 4.74 Å². The molecule has 0 spiro atoms. The number of aryl methyl sites for hydroxylation is 1. The quantitative estimate of drug-likeness (QED) is 0.631. The van der Waals surface area contributed by atoms with Crippen LogP contribution in [0.4, 0.5) is 5.69 Å². The maximum absolute atomic E-state index is 13.1. The summed E-state index contributed by atoms with van der Waals surface area (Å²) in [7, 11) is -2.25. The fourth-order valence-electron chi connectivity index (χ4n) is 4.05. The fourth-order valence-corrected chi connectivity index (χ4v) is 5.54. The number of hydrogen-bond acceptors (Lipinski definition) is 5. The number of aromatic amines is 1. The van der Waals surface area contributed by atoms with Crippen LogP contribution in [0, 0.1) is 6.92 Å². The second kappa shape index (κ2) is 9.23. The van der Waals surface area contributed by atoms with E-state index in [1.54, 1.807) is 20.8 Å². The minimum atomic E-state index is -3.70. The zero-order chi connectivity index (χ0) is 22.8. The highest BCUT2D eigenvalue weighted by Crippen LogP contribution is 2.31. The molecule has 2 N–H and O–H groups in total. The van der Waals surface area contributed by atoms with Crippen molar-refractivity contribution in [3.63, 3.8) is 0 Å². The van der Waals surface area contributed by atoms with Gasteiger partial charge in [0, 0.05) is 30.8 Å². The number of ether oxygens (including phenoxy) is 1. The van der Waals surface area contributed by atoms with Gasteiger partial charge in [0.15, 0.2) is 5.78 Å². The molecule has 0 fully saturated rings. The average molecular weight is 448 g/mol. The first-order valence-corrected chi connectivity index (χ1v) is 11.9. The molecule has 1 aromatic heterocycles. The number of anilines is 1. The Morgan fingerprint density at radius 3 is 2.52 bits per heavy atom. The lowest BCUT2D eigenvalue weighted by molar-refractivity contribution is 0.0980. The minimum absolute atomic E-state index is 0.0465. The van der Waals surface area contributed by atoms with Gasteiger partial charge in [-0.15, -0.1) is 0 Å². The van der Waals surface area contributed by atoms with Gasteiger partial charge < -0.3 is 15.0 Å². The molecule has 9 heteroatoms. The summed E-state index contributed by atoms with van der Waals surface area (Å²) in [6.07, 6.45) is 2.75. The SMILES string of the molecule is CCN(CC)S(=O)(=O)c1ccc(OC)c(NC(=O)c2[nH]c(C)c3c2CCCCC3=O)c1. The summed E-state index contributed by atoms with van der Waals surface area (Å²) >= 11 is 0. The first-order valence-electron chi connectivity index (χ1n) is 10.5. The lowest BCUT2D eigenvalue weighted by Gasteiger charge is -2.19. The molecule has 1 heterocycles. The van der Waals surface area contributed by atoms with Gasteiger partial charge in [-0.1, -0.05) is 13.8 Å². The lowest BCUT2D eigenvalue weighted by Crippen LogP contribution is -2.30. The maximum atomic E-state index is 13.1. The highest BCUT2D eigenvalue weighted by atomic mass is 32.2. The second-order valence-electron chi connectivity index (χ2n) is 7.51. The van der Waals surface area contributed by atoms with Crippen molar-refractivity contribution in [2.45, 2.75) is 51.3 Å². The van der Waals surface area contributed by atoms with Gasteiger partial charge >= 0.3 is 0 Å². The molecular weight excluding hydrogens is 418 g/mol. The molecule has 0 aliphatic heterocycles. The largest absolute Gasteiger partial charge is 0.495 e. The number of amides is 1. The Morgan fingerprint density at radius 1 is 1.19 bits per heavy atom. The number of fused-ring (bicyclic) bond motifs is 1. The summed E-state index contributed by atoms with van der Waals surface area (Å²) < 4.78 is 32.5. The Morgan fingerprint density at radius 2 is 1.87 bits per heavy atom. The number of aromatic nitrogens is 1. The monoisotopic (exact) mass is 447 g/mol. The van der Waals surface area contributed by atoms with Crippen molar-refractivity contribution in [2.75, 3.05) is 25.5 Å². The van der Waals surface area contributed by atoms with Gasteiger partial charge in [-0.05, 0) is 49.9 Å². The highest BCUT2D eigenvalue weighted by molar-refractivity contribution is 7.89. The molecule has 0 atom stereocenters. The number of rotatable bonds is 7. The number of benzene rings is 1. The molecule has 31 heavy (non-hydrogen) atoms. The van der Waals surface area contributed by atoms with Gasteiger partial charge in [0.1, 0.15) is 11.4 Å². The fraction of sp³-hybridized carbons (Fsp3) is 0.455. The van der Waals surface area contributed by atoms with Crippen molar-refractivity contribution in [3.8, 4) is 5.75 Å². The second-order valence-corrected chi connectivity index (χ2v) is 9.45. The van der Waals surface area contributed by atoms with Gasteiger partial charge in [0.05, 0.1) is 17.7 Å². The van der Waals surface area contributed by atoms with Crippen LogP contribution < -0.4 is 10.1 Å². The number of nitrogens with one attached hydrogen (secondary N) is 2. The summed E-state index contributed by atoms with van der Waals surface area (Å²) in [5.74, 6) is -0.0442. The minimum Gasteiger partial charge on any atom is -0.495 e. The van der Waals surface area contributed by atoms with E-state index < -0.39 is 15.9 Å². The molecule has 1 amide bonds. The molecule has 8 nitrogen and oxygen atoms in total. The topological polar surface area (TPSA) is 109 Å². The number of carbonyl (C=O) groups excluding carboxylic acids is 2. The van der Waals surface area contributed by atoms with Gasteiger partial charge in [0.2, 0.25) is 10.0 Å². The third-order valence-corrected chi connectivity index (χ3v) is 7.69. The molecule has 168 valence electrons. The normalized spacial score (nSPS) is 14.3. The van der Waals surface area contributed by atoms with Crippen LogP contribution in [-0.2, 0) is 16.4 Å². The molecule has 0 saturated heterocycles. The van der Waals surface area contributed by atoms with Crippen molar-refractivity contribution in [1.82, 2.24) is 9.29 Å². The van der Waals surface area contributed by atoms with E-state index >= 15 is 0 Å². The molecule has 1 aliphatic rings. The van der Waals surface area contributed by atoms with Crippen molar-refractivity contribution in [2.24, 2.45) is 0 Å². The number of methoxy groups -OCH3 is 1. The summed E-state index contributed by atoms with van der Waals surface area (Å²) in [5.41, 5.74) is 2.59. The van der Waals surface area contributed by atoms with E-state index in [0.29, 0.717) is 48.6 Å². The van der Waals surface area contributed by atoms with Gasteiger partial charge in [-0.3, -0.25) is 9.59 Å². The summed E-state index contributed by atoms with van der Waals surface area (Å²) in [6, 6.07) is 4.39. The Hall–Kier alpha value is -2.65. The van der Waals surface area contributed by atoms with E-state index in [9.17, 15) is 18.0 Å². The molecule has 1 aliphatic carbocycles. The predicted molar refractivity (Wildman–Crippen MR) is 118 cm³/mol. The number of nitrogens with zero attached hydrogens (tertiary/aromatic N) is 1. The molecular formula is C22H29N3O5S. The van der Waals surface area contributed by atoms with Crippen LogP contribution in [-0.4, -0.2) is 49.6 Å². The standard InChI is InChI=1S/C22H29N3O5S/c1-5-25(6-2)31(28,29)15-11-12-19(30-4)17(13-15)24-22(27)21-16-9-7-8-10-18(26)20(16)14(3)23-21/h11-13,23H,5-10H2,1-4H3,(H,24,27). The van der Waals surface area contributed by atoms with Crippen LogP contribution in [0.1, 0.15) is 65.2 Å². The van der Waals surface area contributed by atoms with E-state index in [1.807, 2.05) is 0 Å². The van der Waals surface area contributed by atoms with Gasteiger partial charge in [-0.2, -0.15) is 4.31 Å². The smallest absolute Gasteiger partial charge is 0.272 e. The zero-order valence-electron chi connectivity index (χ0n) is 18.4. The Labute approximate surface area is 183 Å². The van der Waals surface area contributed by atoms with Crippen LogP contribution in [0.3, 0.4) is 0 Å². The number of Topliss-reactive ketones (excluding diaryl/α,β-unsaturated/α-hetero) is 1. The number of sulfonamides is 1. The third kappa shape index (κ3) is 4.38. The average Bonchev–Trinajstić information content (AvgIpc) is 2.95. The number of hydrogen-bond donors (Lipinski definition) is 2. The molecule has 3 rings (SSSR count). The predicted octanol–water partition coefficient (Wildman–Crippen LogP) is 3.52. The maximum Gasteiger partial charge on any atom is 0.272 e. The van der Waals surface area contributed by atoms with Gasteiger partial charge in [-0.25, -0.2) is 8.42 Å². The van der Waals surface area contributed by atoms with E-state index in [2.05, 4.69) is 10.3 Å². The number of carbonyl (C=O) groups is 2. The first kappa shape index (κ1) is 23.0. The van der Waals surface area contributed by atoms with Crippen molar-refractivity contribution >= 4 is 27.4 Å². The summed E-state index contributed by atoms with van der Waals surface area (Å²) in [6.45, 7) is 6.02.